The van der Waals surface area contributed by atoms with Gasteiger partial charge in [0.15, 0.2) is 11.0 Å². The first-order chi connectivity index (χ1) is 13.2. The van der Waals surface area contributed by atoms with Crippen LogP contribution in [-0.2, 0) is 6.54 Å². The molecule has 0 fully saturated rings. The number of hydrogen-bond acceptors (Lipinski definition) is 6. The Morgan fingerprint density at radius 2 is 2.00 bits per heavy atom. The minimum absolute atomic E-state index is 0.206. The summed E-state index contributed by atoms with van der Waals surface area (Å²) < 4.78 is 7.44. The molecule has 0 radical (unpaired) electrons. The highest BCUT2D eigenvalue weighted by Gasteiger charge is 2.18. The number of rotatable bonds is 8. The molecule has 0 N–H and O–H groups in total. The SMILES string of the molecule is N#CCCC(C#N)CSc1nnc(-c2ccc(Cl)cc2)n1Cc1ccco1. The summed E-state index contributed by atoms with van der Waals surface area (Å²) in [5.41, 5.74) is 0.895. The van der Waals surface area contributed by atoms with Gasteiger partial charge in [0.2, 0.25) is 0 Å². The predicted molar refractivity (Wildman–Crippen MR) is 103 cm³/mol. The number of nitrogens with zero attached hydrogens (tertiary/aromatic N) is 5. The maximum absolute atomic E-state index is 9.27. The molecular formula is C19H16ClN5OS. The summed E-state index contributed by atoms with van der Waals surface area (Å²) in [6.07, 6.45) is 2.55. The predicted octanol–water partition coefficient (Wildman–Crippen LogP) is 4.78. The van der Waals surface area contributed by atoms with Gasteiger partial charge in [-0.1, -0.05) is 23.4 Å². The number of thioether (sulfide) groups is 1. The summed E-state index contributed by atoms with van der Waals surface area (Å²) in [4.78, 5) is 0. The fourth-order valence-electron chi connectivity index (χ4n) is 2.51. The Bertz CT molecular complexity index is 954. The van der Waals surface area contributed by atoms with Crippen molar-refractivity contribution in [2.75, 3.05) is 5.75 Å². The normalized spacial score (nSPS) is 11.7. The van der Waals surface area contributed by atoms with Gasteiger partial charge in [0.25, 0.3) is 0 Å². The first-order valence-corrected chi connectivity index (χ1v) is 9.68. The second kappa shape index (κ2) is 9.27. The molecule has 6 nitrogen and oxygen atoms in total. The van der Waals surface area contributed by atoms with Crippen LogP contribution in [0.3, 0.4) is 0 Å². The Morgan fingerprint density at radius 1 is 1.19 bits per heavy atom. The van der Waals surface area contributed by atoms with Crippen LogP contribution >= 0.6 is 23.4 Å². The third-order valence-corrected chi connectivity index (χ3v) is 5.30. The van der Waals surface area contributed by atoms with Crippen molar-refractivity contribution in [2.45, 2.75) is 24.5 Å². The average molecular weight is 398 g/mol. The van der Waals surface area contributed by atoms with Crippen LogP contribution in [0.15, 0.2) is 52.2 Å². The largest absolute Gasteiger partial charge is 0.467 e. The van der Waals surface area contributed by atoms with Crippen molar-refractivity contribution in [2.24, 2.45) is 5.92 Å². The molecule has 1 unspecified atom stereocenters. The van der Waals surface area contributed by atoms with E-state index in [0.29, 0.717) is 41.1 Å². The number of halogens is 1. The fraction of sp³-hybridized carbons (Fsp3) is 0.263. The molecule has 27 heavy (non-hydrogen) atoms. The van der Waals surface area contributed by atoms with E-state index in [0.717, 1.165) is 11.3 Å². The molecular weight excluding hydrogens is 382 g/mol. The fourth-order valence-corrected chi connectivity index (χ4v) is 3.63. The molecule has 0 amide bonds. The highest BCUT2D eigenvalue weighted by molar-refractivity contribution is 7.99. The van der Waals surface area contributed by atoms with Crippen molar-refractivity contribution in [3.05, 3.63) is 53.4 Å². The number of nitriles is 2. The summed E-state index contributed by atoms with van der Waals surface area (Å²) >= 11 is 7.45. The van der Waals surface area contributed by atoms with Gasteiger partial charge in [0, 0.05) is 22.8 Å². The third kappa shape index (κ3) is 4.91. The van der Waals surface area contributed by atoms with Crippen molar-refractivity contribution in [3.8, 4) is 23.5 Å². The van der Waals surface area contributed by atoms with Gasteiger partial charge in [0.05, 0.1) is 30.9 Å². The Kier molecular flexibility index (Phi) is 6.54. The molecule has 136 valence electrons. The third-order valence-electron chi connectivity index (χ3n) is 3.91. The van der Waals surface area contributed by atoms with E-state index in [1.807, 2.05) is 41.0 Å². The quantitative estimate of drug-likeness (QED) is 0.508. The average Bonchev–Trinajstić information content (AvgIpc) is 3.33. The van der Waals surface area contributed by atoms with E-state index < -0.39 is 0 Å². The molecule has 0 aliphatic carbocycles. The van der Waals surface area contributed by atoms with Crippen molar-refractivity contribution < 1.29 is 4.42 Å². The highest BCUT2D eigenvalue weighted by Crippen LogP contribution is 2.28. The van der Waals surface area contributed by atoms with Crippen molar-refractivity contribution in [1.29, 1.82) is 10.5 Å². The first-order valence-electron chi connectivity index (χ1n) is 8.32. The van der Waals surface area contributed by atoms with E-state index in [1.165, 1.54) is 11.8 Å². The minimum Gasteiger partial charge on any atom is -0.467 e. The number of benzene rings is 1. The minimum atomic E-state index is -0.206. The van der Waals surface area contributed by atoms with Crippen LogP contribution in [0.4, 0.5) is 0 Å². The summed E-state index contributed by atoms with van der Waals surface area (Å²) in [6, 6.07) is 15.5. The molecule has 0 spiro atoms. The molecule has 0 bridgehead atoms. The Balaban J connectivity index is 1.86. The van der Waals surface area contributed by atoms with Gasteiger partial charge in [-0.3, -0.25) is 4.57 Å². The van der Waals surface area contributed by atoms with Gasteiger partial charge in [0.1, 0.15) is 5.76 Å². The van der Waals surface area contributed by atoms with Crippen LogP contribution in [-0.4, -0.2) is 20.5 Å². The lowest BCUT2D eigenvalue weighted by atomic mass is 10.1. The molecule has 2 heterocycles. The topological polar surface area (TPSA) is 91.4 Å². The summed E-state index contributed by atoms with van der Waals surface area (Å²) in [5, 5.41) is 28.0. The molecule has 1 aromatic carbocycles. The maximum atomic E-state index is 9.27. The Labute approximate surface area is 166 Å². The number of hydrogen-bond donors (Lipinski definition) is 0. The van der Waals surface area contributed by atoms with Crippen LogP contribution in [0.5, 0.6) is 0 Å². The zero-order valence-corrected chi connectivity index (χ0v) is 16.0. The van der Waals surface area contributed by atoms with E-state index in [9.17, 15) is 5.26 Å². The zero-order valence-electron chi connectivity index (χ0n) is 14.4. The van der Waals surface area contributed by atoms with Crippen LogP contribution < -0.4 is 0 Å². The van der Waals surface area contributed by atoms with Gasteiger partial charge in [-0.15, -0.1) is 10.2 Å². The van der Waals surface area contributed by atoms with Gasteiger partial charge >= 0.3 is 0 Å². The van der Waals surface area contributed by atoms with Gasteiger partial charge < -0.3 is 4.42 Å². The second-order valence-electron chi connectivity index (χ2n) is 5.81. The molecule has 0 aliphatic rings. The van der Waals surface area contributed by atoms with Gasteiger partial charge in [-0.05, 0) is 42.8 Å². The van der Waals surface area contributed by atoms with Crippen LogP contribution in [0, 0.1) is 28.6 Å². The monoisotopic (exact) mass is 397 g/mol. The lowest BCUT2D eigenvalue weighted by Gasteiger charge is -2.10. The van der Waals surface area contributed by atoms with E-state index in [2.05, 4.69) is 22.3 Å². The van der Waals surface area contributed by atoms with Crippen LogP contribution in [0.2, 0.25) is 5.02 Å². The smallest absolute Gasteiger partial charge is 0.191 e. The molecule has 0 aliphatic heterocycles. The van der Waals surface area contributed by atoms with Crippen LogP contribution in [0.1, 0.15) is 18.6 Å². The molecule has 8 heteroatoms. The van der Waals surface area contributed by atoms with E-state index in [4.69, 9.17) is 21.3 Å². The molecule has 3 rings (SSSR count). The second-order valence-corrected chi connectivity index (χ2v) is 7.24. The molecule has 0 saturated carbocycles. The van der Waals surface area contributed by atoms with Crippen LogP contribution in [0.25, 0.3) is 11.4 Å². The lowest BCUT2D eigenvalue weighted by molar-refractivity contribution is 0.485. The van der Waals surface area contributed by atoms with Crippen molar-refractivity contribution >= 4 is 23.4 Å². The van der Waals surface area contributed by atoms with Gasteiger partial charge in [-0.25, -0.2) is 0 Å². The van der Waals surface area contributed by atoms with E-state index >= 15 is 0 Å². The first kappa shape index (κ1) is 19.0. The van der Waals surface area contributed by atoms with E-state index in [-0.39, 0.29) is 5.92 Å². The Morgan fingerprint density at radius 3 is 2.67 bits per heavy atom. The number of aromatic nitrogens is 3. The number of furan rings is 1. The molecule has 0 saturated heterocycles. The van der Waals surface area contributed by atoms with E-state index in [1.54, 1.807) is 6.26 Å². The molecule has 2 aromatic heterocycles. The summed E-state index contributed by atoms with van der Waals surface area (Å²) in [5.74, 6) is 1.83. The standard InChI is InChI=1S/C19H16ClN5OS/c20-16-7-5-15(6-8-16)18-23-24-19(25(18)12-17-4-2-10-26-17)27-13-14(11-22)3-1-9-21/h2,4-8,10,14H,1,3,12-13H2. The summed E-state index contributed by atoms with van der Waals surface area (Å²) in [7, 11) is 0. The maximum Gasteiger partial charge on any atom is 0.191 e. The zero-order chi connectivity index (χ0) is 19.1. The van der Waals surface area contributed by atoms with Crippen molar-refractivity contribution in [3.63, 3.8) is 0 Å². The molecule has 1 atom stereocenters. The molecule has 3 aromatic rings. The highest BCUT2D eigenvalue weighted by atomic mass is 35.5. The summed E-state index contributed by atoms with van der Waals surface area (Å²) in [6.45, 7) is 0.482. The van der Waals surface area contributed by atoms with Gasteiger partial charge in [-0.2, -0.15) is 10.5 Å². The Hall–Kier alpha value is -2.74. The van der Waals surface area contributed by atoms with Crippen molar-refractivity contribution in [1.82, 2.24) is 14.8 Å². The lowest BCUT2D eigenvalue weighted by Crippen LogP contribution is -2.06.